The average molecular weight is 340 g/mol. The standard InChI is InChI=1S/C20H18F2N2O/c21-17-8-11-20(22)16(12-17)14-25-19-9-6-15(7-10-19)13-23-24-18-4-2-1-3-5-18/h1-12,23-24H,13-14H2. The number of halogens is 2. The molecular formula is C20H18F2N2O. The Labute approximate surface area is 145 Å². The number of ether oxygens (including phenoxy) is 1. The molecule has 3 aromatic carbocycles. The number of nitrogens with one attached hydrogen (secondary N) is 2. The fourth-order valence-corrected chi connectivity index (χ4v) is 2.29. The Balaban J connectivity index is 1.49. The molecule has 0 saturated carbocycles. The number of para-hydroxylation sites is 1. The van der Waals surface area contributed by atoms with Crippen LogP contribution >= 0.6 is 0 Å². The quantitative estimate of drug-likeness (QED) is 0.614. The number of hydrogen-bond donors (Lipinski definition) is 2. The lowest BCUT2D eigenvalue weighted by molar-refractivity contribution is 0.299. The summed E-state index contributed by atoms with van der Waals surface area (Å²) in [6.07, 6.45) is 0. The normalized spacial score (nSPS) is 10.5. The van der Waals surface area contributed by atoms with Crippen LogP contribution in [0.25, 0.3) is 0 Å². The van der Waals surface area contributed by atoms with Gasteiger partial charge in [0.15, 0.2) is 0 Å². The summed E-state index contributed by atoms with van der Waals surface area (Å²) in [6, 6.07) is 20.6. The molecule has 3 rings (SSSR count). The summed E-state index contributed by atoms with van der Waals surface area (Å²) >= 11 is 0. The van der Waals surface area contributed by atoms with Crippen LogP contribution in [0.1, 0.15) is 11.1 Å². The van der Waals surface area contributed by atoms with E-state index in [1.54, 1.807) is 12.1 Å². The highest BCUT2D eigenvalue weighted by atomic mass is 19.1. The van der Waals surface area contributed by atoms with Gasteiger partial charge in [-0.3, -0.25) is 0 Å². The van der Waals surface area contributed by atoms with Crippen LogP contribution in [0.5, 0.6) is 5.75 Å². The molecule has 0 heterocycles. The number of rotatable bonds is 7. The van der Waals surface area contributed by atoms with Crippen molar-refractivity contribution < 1.29 is 13.5 Å². The van der Waals surface area contributed by atoms with E-state index in [1.807, 2.05) is 42.5 Å². The molecule has 25 heavy (non-hydrogen) atoms. The Morgan fingerprint density at radius 2 is 1.60 bits per heavy atom. The van der Waals surface area contributed by atoms with Crippen LogP contribution in [0.3, 0.4) is 0 Å². The van der Waals surface area contributed by atoms with Crippen molar-refractivity contribution in [2.45, 2.75) is 13.2 Å². The van der Waals surface area contributed by atoms with Gasteiger partial charge >= 0.3 is 0 Å². The fourth-order valence-electron chi connectivity index (χ4n) is 2.29. The molecule has 3 aromatic rings. The summed E-state index contributed by atoms with van der Waals surface area (Å²) in [7, 11) is 0. The first-order chi connectivity index (χ1) is 12.2. The van der Waals surface area contributed by atoms with E-state index in [-0.39, 0.29) is 12.2 Å². The minimum Gasteiger partial charge on any atom is -0.489 e. The number of hydrogen-bond acceptors (Lipinski definition) is 3. The topological polar surface area (TPSA) is 33.3 Å². The Hall–Kier alpha value is -2.92. The smallest absolute Gasteiger partial charge is 0.130 e. The van der Waals surface area contributed by atoms with Crippen molar-refractivity contribution in [3.8, 4) is 5.75 Å². The van der Waals surface area contributed by atoms with Gasteiger partial charge in [0.05, 0.1) is 0 Å². The summed E-state index contributed by atoms with van der Waals surface area (Å²) < 4.78 is 32.2. The van der Waals surface area contributed by atoms with Gasteiger partial charge in [-0.1, -0.05) is 30.3 Å². The number of anilines is 1. The van der Waals surface area contributed by atoms with Crippen LogP contribution in [0.2, 0.25) is 0 Å². The average Bonchev–Trinajstić information content (AvgIpc) is 2.64. The summed E-state index contributed by atoms with van der Waals surface area (Å²) in [5, 5.41) is 0. The first-order valence-corrected chi connectivity index (χ1v) is 7.90. The monoisotopic (exact) mass is 340 g/mol. The lowest BCUT2D eigenvalue weighted by Gasteiger charge is -2.10. The predicted octanol–water partition coefficient (Wildman–Crippen LogP) is 4.66. The van der Waals surface area contributed by atoms with Crippen molar-refractivity contribution in [2.75, 3.05) is 5.43 Å². The lowest BCUT2D eigenvalue weighted by Crippen LogP contribution is -2.20. The van der Waals surface area contributed by atoms with E-state index < -0.39 is 11.6 Å². The molecule has 128 valence electrons. The van der Waals surface area contributed by atoms with Crippen LogP contribution in [-0.4, -0.2) is 0 Å². The molecule has 0 atom stereocenters. The van der Waals surface area contributed by atoms with Crippen molar-refractivity contribution in [1.29, 1.82) is 0 Å². The van der Waals surface area contributed by atoms with Gasteiger partial charge in [0, 0.05) is 17.8 Å². The predicted molar refractivity (Wildman–Crippen MR) is 94.0 cm³/mol. The van der Waals surface area contributed by atoms with Crippen molar-refractivity contribution in [3.05, 3.63) is 95.6 Å². The van der Waals surface area contributed by atoms with Crippen molar-refractivity contribution in [1.82, 2.24) is 5.43 Å². The first kappa shape index (κ1) is 16.9. The Morgan fingerprint density at radius 1 is 0.840 bits per heavy atom. The maximum atomic E-state index is 13.6. The van der Waals surface area contributed by atoms with Gasteiger partial charge in [0.2, 0.25) is 0 Å². The van der Waals surface area contributed by atoms with E-state index >= 15 is 0 Å². The maximum Gasteiger partial charge on any atom is 0.130 e. The largest absolute Gasteiger partial charge is 0.489 e. The third-order valence-corrected chi connectivity index (χ3v) is 3.62. The highest BCUT2D eigenvalue weighted by Gasteiger charge is 2.05. The third-order valence-electron chi connectivity index (χ3n) is 3.62. The molecule has 0 aromatic heterocycles. The van der Waals surface area contributed by atoms with Gasteiger partial charge in [-0.15, -0.1) is 0 Å². The van der Waals surface area contributed by atoms with E-state index in [0.29, 0.717) is 12.3 Å². The van der Waals surface area contributed by atoms with E-state index in [9.17, 15) is 8.78 Å². The van der Waals surface area contributed by atoms with Crippen LogP contribution in [0.4, 0.5) is 14.5 Å². The van der Waals surface area contributed by atoms with Crippen molar-refractivity contribution in [3.63, 3.8) is 0 Å². The molecule has 3 nitrogen and oxygen atoms in total. The van der Waals surface area contributed by atoms with E-state index in [2.05, 4.69) is 10.9 Å². The number of benzene rings is 3. The molecule has 0 spiro atoms. The molecule has 5 heteroatoms. The second-order valence-corrected chi connectivity index (χ2v) is 5.51. The molecule has 0 aliphatic heterocycles. The van der Waals surface area contributed by atoms with Gasteiger partial charge in [0.1, 0.15) is 24.0 Å². The van der Waals surface area contributed by atoms with E-state index in [4.69, 9.17) is 4.74 Å². The van der Waals surface area contributed by atoms with Crippen LogP contribution in [0, 0.1) is 11.6 Å². The Bertz CT molecular complexity index is 808. The second kappa shape index (κ2) is 8.26. The molecule has 0 radical (unpaired) electrons. The molecule has 0 unspecified atom stereocenters. The maximum absolute atomic E-state index is 13.6. The molecule has 0 saturated heterocycles. The SMILES string of the molecule is Fc1ccc(F)c(COc2ccc(CNNc3ccccc3)cc2)c1. The highest BCUT2D eigenvalue weighted by Crippen LogP contribution is 2.16. The third kappa shape index (κ3) is 5.02. The molecule has 2 N–H and O–H groups in total. The molecule has 0 aliphatic rings. The van der Waals surface area contributed by atoms with Crippen LogP contribution in [-0.2, 0) is 13.2 Å². The molecule has 0 aliphatic carbocycles. The summed E-state index contributed by atoms with van der Waals surface area (Å²) in [5.74, 6) is -0.357. The Kier molecular flexibility index (Phi) is 5.59. The van der Waals surface area contributed by atoms with Crippen molar-refractivity contribution >= 4 is 5.69 Å². The van der Waals surface area contributed by atoms with Gasteiger partial charge < -0.3 is 10.2 Å². The molecule has 0 amide bonds. The zero-order valence-corrected chi connectivity index (χ0v) is 13.5. The fraction of sp³-hybridized carbons (Fsp3) is 0.100. The van der Waals surface area contributed by atoms with Gasteiger partial charge in [-0.25, -0.2) is 14.2 Å². The van der Waals surface area contributed by atoms with Gasteiger partial charge in [-0.2, -0.15) is 0 Å². The number of hydrazine groups is 1. The van der Waals surface area contributed by atoms with Gasteiger partial charge in [-0.05, 0) is 48.0 Å². The van der Waals surface area contributed by atoms with Gasteiger partial charge in [0.25, 0.3) is 0 Å². The minimum absolute atomic E-state index is 0.0171. The zero-order chi connectivity index (χ0) is 17.5. The molecular weight excluding hydrogens is 322 g/mol. The van der Waals surface area contributed by atoms with Crippen LogP contribution < -0.4 is 15.6 Å². The lowest BCUT2D eigenvalue weighted by atomic mass is 10.2. The zero-order valence-electron chi connectivity index (χ0n) is 13.5. The molecule has 0 fully saturated rings. The summed E-state index contributed by atoms with van der Waals surface area (Å²) in [5.41, 5.74) is 8.48. The van der Waals surface area contributed by atoms with E-state index in [1.165, 1.54) is 0 Å². The Morgan fingerprint density at radius 3 is 2.36 bits per heavy atom. The first-order valence-electron chi connectivity index (χ1n) is 7.90. The minimum atomic E-state index is -0.479. The molecule has 0 bridgehead atoms. The van der Waals surface area contributed by atoms with Crippen molar-refractivity contribution in [2.24, 2.45) is 0 Å². The highest BCUT2D eigenvalue weighted by molar-refractivity contribution is 5.41. The summed E-state index contributed by atoms with van der Waals surface area (Å²) in [6.45, 7) is 0.616. The van der Waals surface area contributed by atoms with Crippen LogP contribution in [0.15, 0.2) is 72.8 Å². The van der Waals surface area contributed by atoms with E-state index in [0.717, 1.165) is 29.4 Å². The summed E-state index contributed by atoms with van der Waals surface area (Å²) in [4.78, 5) is 0. The second-order valence-electron chi connectivity index (χ2n) is 5.51.